The second-order valence-corrected chi connectivity index (χ2v) is 2.44. The maximum absolute atomic E-state index is 2.17. The van der Waals surface area contributed by atoms with Gasteiger partial charge < -0.3 is 14.9 Å². The average molecular weight is 221 g/mol. The third-order valence-corrected chi connectivity index (χ3v) is 0. The predicted molar refractivity (Wildman–Crippen MR) is 49.3 cm³/mol. The van der Waals surface area contributed by atoms with Crippen molar-refractivity contribution in [1.82, 2.24) is 0 Å². The minimum absolute atomic E-state index is 0. The Kier molecular flexibility index (Phi) is 97.8. The van der Waals surface area contributed by atoms with E-state index in [-0.39, 0.29) is 47.6 Å². The Morgan fingerprint density at radius 2 is 0.900 bits per heavy atom. The minimum atomic E-state index is 0. The smallest absolute Gasteiger partial charge is 0 e. The number of hydrogen-bond donors (Lipinski definition) is 0. The van der Waals surface area contributed by atoms with Crippen LogP contribution < -0.4 is 0 Å². The molecule has 0 fully saturated rings. The molecule has 0 aliphatic heterocycles. The van der Waals surface area contributed by atoms with Crippen LogP contribution in [0.3, 0.4) is 0 Å². The van der Waals surface area contributed by atoms with Gasteiger partial charge in [0.1, 0.15) is 0 Å². The summed E-state index contributed by atoms with van der Waals surface area (Å²) in [6.45, 7) is 10.8. The quantitative estimate of drug-likeness (QED) is 0.543. The molecule has 0 aliphatic rings. The monoisotopic (exact) mass is 221 g/mol. The van der Waals surface area contributed by atoms with Gasteiger partial charge >= 0.3 is 0 Å². The van der Waals surface area contributed by atoms with Crippen LogP contribution >= 0.6 is 0 Å². The first-order chi connectivity index (χ1) is 3.15. The molecule has 0 aromatic rings. The van der Waals surface area contributed by atoms with Gasteiger partial charge in [0.05, 0.1) is 0 Å². The van der Waals surface area contributed by atoms with E-state index in [1.54, 1.807) is 0 Å². The summed E-state index contributed by atoms with van der Waals surface area (Å²) in [5.74, 6) is 0.833. The molecule has 65 valence electrons. The summed E-state index contributed by atoms with van der Waals surface area (Å²) < 4.78 is 0. The van der Waals surface area contributed by atoms with Crippen molar-refractivity contribution in [2.24, 2.45) is 5.92 Å². The molecule has 0 bridgehead atoms. The van der Waals surface area contributed by atoms with E-state index in [4.69, 9.17) is 0 Å². The zero-order chi connectivity index (χ0) is 6.28. The molecule has 0 spiro atoms. The average Bonchev–Trinajstić information content (AvgIpc) is 1.33. The van der Waals surface area contributed by atoms with Crippen molar-refractivity contribution in [3.63, 3.8) is 0 Å². The Hall–Kier alpha value is 1.10. The van der Waals surface area contributed by atoms with Crippen molar-refractivity contribution in [3.05, 3.63) is 14.9 Å². The van der Waals surface area contributed by atoms with E-state index in [0.29, 0.717) is 0 Å². The van der Waals surface area contributed by atoms with Crippen molar-refractivity contribution < 1.29 is 32.7 Å². The molecule has 0 aromatic heterocycles. The van der Waals surface area contributed by atoms with E-state index in [0.717, 1.165) is 5.92 Å². The van der Waals surface area contributed by atoms with Crippen LogP contribution in [0, 0.1) is 20.8 Å². The van der Waals surface area contributed by atoms with Gasteiger partial charge in [-0.25, -0.2) is 0 Å². The first-order valence-corrected chi connectivity index (χ1v) is 3.15. The van der Waals surface area contributed by atoms with Crippen molar-refractivity contribution >= 4 is 0 Å². The fourth-order valence-corrected chi connectivity index (χ4v) is 0. The molecule has 0 unspecified atom stereocenters. The Balaban J connectivity index is -0.0000000131. The van der Waals surface area contributed by atoms with Crippen LogP contribution in [0.25, 0.3) is 0 Å². The largest absolute Gasteiger partial charge is 0.358 e. The van der Waals surface area contributed by atoms with E-state index in [9.17, 15) is 0 Å². The van der Waals surface area contributed by atoms with Gasteiger partial charge in [-0.2, -0.15) is 0 Å². The molecule has 0 atom stereocenters. The Morgan fingerprint density at radius 1 is 0.900 bits per heavy atom. The Morgan fingerprint density at radius 3 is 0.900 bits per heavy atom. The molecule has 0 rings (SSSR count). The van der Waals surface area contributed by atoms with Crippen molar-refractivity contribution in [1.29, 1.82) is 0 Å². The molecule has 0 nitrogen and oxygen atoms in total. The van der Waals surface area contributed by atoms with Crippen LogP contribution in [0.4, 0.5) is 0 Å². The van der Waals surface area contributed by atoms with E-state index >= 15 is 0 Å². The molecular weight excluding hydrogens is 197 g/mol. The van der Waals surface area contributed by atoms with Gasteiger partial charge in [-0.15, -0.1) is 0 Å². The van der Waals surface area contributed by atoms with Crippen LogP contribution in [-0.4, -0.2) is 0 Å². The van der Waals surface area contributed by atoms with Crippen LogP contribution in [0.2, 0.25) is 0 Å². The van der Waals surface area contributed by atoms with Gasteiger partial charge in [-0.3, -0.25) is 0 Å². The molecule has 1 heteroatoms. The van der Waals surface area contributed by atoms with Gasteiger partial charge in [-0.05, 0) is 5.92 Å². The first-order valence-electron chi connectivity index (χ1n) is 3.15. The first kappa shape index (κ1) is 30.4. The zero-order valence-corrected chi connectivity index (χ0v) is 11.7. The molecular formula is C9H24Y-2. The molecule has 0 saturated carbocycles. The minimum Gasteiger partial charge on any atom is -0.358 e. The Labute approximate surface area is 94.1 Å². The van der Waals surface area contributed by atoms with Crippen LogP contribution in [0.15, 0.2) is 0 Å². The van der Waals surface area contributed by atoms with Crippen molar-refractivity contribution in [2.75, 3.05) is 0 Å². The van der Waals surface area contributed by atoms with Crippen molar-refractivity contribution in [3.8, 4) is 0 Å². The summed E-state index contributed by atoms with van der Waals surface area (Å²) >= 11 is 0. The molecule has 0 heterocycles. The summed E-state index contributed by atoms with van der Waals surface area (Å²) in [7, 11) is 0. The fraction of sp³-hybridized carbons (Fsp3) is 0.778. The second kappa shape index (κ2) is 32.1. The summed E-state index contributed by atoms with van der Waals surface area (Å²) in [5, 5.41) is 0. The van der Waals surface area contributed by atoms with E-state index < -0.39 is 0 Å². The predicted octanol–water partition coefficient (Wildman–Crippen LogP) is 3.98. The summed E-state index contributed by atoms with van der Waals surface area (Å²) in [6, 6.07) is 0. The van der Waals surface area contributed by atoms with Gasteiger partial charge in [-0.1, -0.05) is 41.0 Å². The van der Waals surface area contributed by atoms with E-state index in [1.807, 2.05) is 0 Å². The molecule has 10 heavy (non-hydrogen) atoms. The van der Waals surface area contributed by atoms with Gasteiger partial charge in [0.2, 0.25) is 0 Å². The SMILES string of the molecule is CC(C)C.CCC.[CH3-].[CH3-].[Y]. The number of hydrogen-bond acceptors (Lipinski definition) is 0. The van der Waals surface area contributed by atoms with Gasteiger partial charge in [0.25, 0.3) is 0 Å². The zero-order valence-electron chi connectivity index (χ0n) is 8.86. The second-order valence-electron chi connectivity index (χ2n) is 2.44. The van der Waals surface area contributed by atoms with Crippen molar-refractivity contribution in [2.45, 2.75) is 41.0 Å². The molecule has 0 amide bonds. The summed E-state index contributed by atoms with van der Waals surface area (Å²) in [5.41, 5.74) is 0. The maximum atomic E-state index is 2.17. The summed E-state index contributed by atoms with van der Waals surface area (Å²) in [6.07, 6.45) is 1.25. The maximum Gasteiger partial charge on any atom is 0 e. The van der Waals surface area contributed by atoms with E-state index in [1.165, 1.54) is 6.42 Å². The normalized spacial score (nSPS) is 5.40. The standard InChI is InChI=1S/C4H10.C3H8.2CH3.Y/c1-4(2)3;1-3-2;;;/h4H,1-3H3;3H2,1-2H3;2*1H3;/q;;2*-1;. The van der Waals surface area contributed by atoms with Crippen LogP contribution in [-0.2, 0) is 32.7 Å². The molecule has 0 aromatic carbocycles. The van der Waals surface area contributed by atoms with Gasteiger partial charge in [0, 0.05) is 32.7 Å². The molecule has 1 radical (unpaired) electrons. The summed E-state index contributed by atoms with van der Waals surface area (Å²) in [4.78, 5) is 0. The van der Waals surface area contributed by atoms with Crippen LogP contribution in [0.1, 0.15) is 41.0 Å². The molecule has 0 saturated heterocycles. The topological polar surface area (TPSA) is 0 Å². The third kappa shape index (κ3) is 491. The molecule has 0 N–H and O–H groups in total. The third-order valence-electron chi connectivity index (χ3n) is 0. The van der Waals surface area contributed by atoms with Crippen LogP contribution in [0.5, 0.6) is 0 Å². The fourth-order valence-electron chi connectivity index (χ4n) is 0. The Bertz CT molecular complexity index is 15.9. The molecule has 0 aliphatic carbocycles. The van der Waals surface area contributed by atoms with Gasteiger partial charge in [0.15, 0.2) is 0 Å². The number of rotatable bonds is 0. The van der Waals surface area contributed by atoms with E-state index in [2.05, 4.69) is 34.6 Å².